The van der Waals surface area contributed by atoms with Gasteiger partial charge in [0, 0.05) is 12.6 Å². The van der Waals surface area contributed by atoms with Gasteiger partial charge in [0.1, 0.15) is 6.61 Å². The van der Waals surface area contributed by atoms with Crippen LogP contribution in [-0.2, 0) is 11.3 Å². The minimum Gasteiger partial charge on any atom is -0.445 e. The Hall–Kier alpha value is -1.55. The number of alkyl carbamates (subject to hydrolysis) is 1. The van der Waals surface area contributed by atoms with Crippen LogP contribution in [0.3, 0.4) is 0 Å². The second kappa shape index (κ2) is 8.59. The second-order valence-corrected chi connectivity index (χ2v) is 5.28. The summed E-state index contributed by atoms with van der Waals surface area (Å²) in [5.74, 6) is 0. The average Bonchev–Trinajstić information content (AvgIpc) is 2.52. The van der Waals surface area contributed by atoms with Crippen molar-refractivity contribution in [2.75, 3.05) is 13.1 Å². The molecule has 2 rings (SSSR count). The number of carbonyl (C=O) groups excluding carboxylic acids is 1. The molecule has 1 saturated heterocycles. The predicted octanol–water partition coefficient (Wildman–Crippen LogP) is 2.84. The van der Waals surface area contributed by atoms with Gasteiger partial charge in [-0.3, -0.25) is 0 Å². The summed E-state index contributed by atoms with van der Waals surface area (Å²) in [5.41, 5.74) is 1.01. The minimum atomic E-state index is -0.328. The first-order valence-electron chi connectivity index (χ1n) is 7.52. The fourth-order valence-corrected chi connectivity index (χ4v) is 2.48. The third-order valence-corrected chi connectivity index (χ3v) is 3.62. The fourth-order valence-electron chi connectivity index (χ4n) is 2.48. The van der Waals surface area contributed by atoms with Gasteiger partial charge >= 0.3 is 6.09 Å². The largest absolute Gasteiger partial charge is 0.445 e. The Balaban J connectivity index is 1.51. The SMILES string of the molecule is O=C(NCCCC1CCCCN1)OCc1ccccc1. The van der Waals surface area contributed by atoms with Crippen molar-refractivity contribution in [1.82, 2.24) is 10.6 Å². The van der Waals surface area contributed by atoms with E-state index in [2.05, 4.69) is 10.6 Å². The van der Waals surface area contributed by atoms with E-state index in [-0.39, 0.29) is 6.09 Å². The lowest BCUT2D eigenvalue weighted by atomic mass is 10.0. The van der Waals surface area contributed by atoms with E-state index in [0.29, 0.717) is 19.2 Å². The van der Waals surface area contributed by atoms with Gasteiger partial charge in [-0.15, -0.1) is 0 Å². The molecule has 4 nitrogen and oxygen atoms in total. The van der Waals surface area contributed by atoms with Gasteiger partial charge in [0.2, 0.25) is 0 Å². The molecule has 1 heterocycles. The smallest absolute Gasteiger partial charge is 0.407 e. The molecule has 0 bridgehead atoms. The first-order chi connectivity index (χ1) is 9.84. The zero-order chi connectivity index (χ0) is 14.0. The molecule has 1 fully saturated rings. The van der Waals surface area contributed by atoms with Crippen molar-refractivity contribution in [3.8, 4) is 0 Å². The van der Waals surface area contributed by atoms with Crippen LogP contribution in [0.4, 0.5) is 4.79 Å². The maximum Gasteiger partial charge on any atom is 0.407 e. The third-order valence-electron chi connectivity index (χ3n) is 3.62. The number of benzene rings is 1. The van der Waals surface area contributed by atoms with E-state index in [1.165, 1.54) is 19.3 Å². The van der Waals surface area contributed by atoms with Gasteiger partial charge in [-0.1, -0.05) is 36.8 Å². The van der Waals surface area contributed by atoms with E-state index in [4.69, 9.17) is 4.74 Å². The highest BCUT2D eigenvalue weighted by molar-refractivity contribution is 5.67. The maximum absolute atomic E-state index is 11.5. The Morgan fingerprint density at radius 1 is 1.30 bits per heavy atom. The van der Waals surface area contributed by atoms with Crippen LogP contribution in [0.2, 0.25) is 0 Å². The Labute approximate surface area is 120 Å². The molecule has 4 heteroatoms. The third kappa shape index (κ3) is 5.61. The number of ether oxygens (including phenoxy) is 1. The fraction of sp³-hybridized carbons (Fsp3) is 0.562. The number of nitrogens with one attached hydrogen (secondary N) is 2. The number of rotatable bonds is 6. The lowest BCUT2D eigenvalue weighted by Crippen LogP contribution is -2.35. The van der Waals surface area contributed by atoms with Gasteiger partial charge in [-0.05, 0) is 37.8 Å². The van der Waals surface area contributed by atoms with Crippen LogP contribution in [0, 0.1) is 0 Å². The van der Waals surface area contributed by atoms with E-state index < -0.39 is 0 Å². The average molecular weight is 276 g/mol. The highest BCUT2D eigenvalue weighted by Crippen LogP contribution is 2.11. The van der Waals surface area contributed by atoms with E-state index >= 15 is 0 Å². The molecule has 20 heavy (non-hydrogen) atoms. The molecule has 1 unspecified atom stereocenters. The number of carbonyl (C=O) groups is 1. The Morgan fingerprint density at radius 3 is 2.90 bits per heavy atom. The van der Waals surface area contributed by atoms with Gasteiger partial charge in [-0.2, -0.15) is 0 Å². The van der Waals surface area contributed by atoms with Crippen LogP contribution in [0.1, 0.15) is 37.7 Å². The number of amides is 1. The molecule has 0 aromatic heterocycles. The van der Waals surface area contributed by atoms with Crippen LogP contribution in [0.15, 0.2) is 30.3 Å². The summed E-state index contributed by atoms with van der Waals surface area (Å²) in [7, 11) is 0. The molecule has 1 aromatic carbocycles. The lowest BCUT2D eigenvalue weighted by Gasteiger charge is -2.23. The van der Waals surface area contributed by atoms with Crippen LogP contribution in [0.5, 0.6) is 0 Å². The van der Waals surface area contributed by atoms with Crippen molar-refractivity contribution < 1.29 is 9.53 Å². The van der Waals surface area contributed by atoms with Gasteiger partial charge in [-0.25, -0.2) is 4.79 Å². The molecular weight excluding hydrogens is 252 g/mol. The van der Waals surface area contributed by atoms with Crippen molar-refractivity contribution in [1.29, 1.82) is 0 Å². The maximum atomic E-state index is 11.5. The molecule has 0 saturated carbocycles. The van der Waals surface area contributed by atoms with Crippen molar-refractivity contribution in [2.45, 2.75) is 44.8 Å². The zero-order valence-electron chi connectivity index (χ0n) is 11.9. The van der Waals surface area contributed by atoms with E-state index in [1.807, 2.05) is 30.3 Å². The van der Waals surface area contributed by atoms with Gasteiger partial charge < -0.3 is 15.4 Å². The Morgan fingerprint density at radius 2 is 2.15 bits per heavy atom. The molecule has 110 valence electrons. The summed E-state index contributed by atoms with van der Waals surface area (Å²) in [4.78, 5) is 11.5. The first kappa shape index (κ1) is 14.9. The molecule has 2 N–H and O–H groups in total. The summed E-state index contributed by atoms with van der Waals surface area (Å²) in [6, 6.07) is 10.3. The summed E-state index contributed by atoms with van der Waals surface area (Å²) in [6.45, 7) is 2.15. The molecule has 1 aromatic rings. The predicted molar refractivity (Wildman–Crippen MR) is 79.5 cm³/mol. The molecule has 1 aliphatic heterocycles. The lowest BCUT2D eigenvalue weighted by molar-refractivity contribution is 0.139. The van der Waals surface area contributed by atoms with Crippen molar-refractivity contribution in [2.24, 2.45) is 0 Å². The van der Waals surface area contributed by atoms with Gasteiger partial charge in [0.05, 0.1) is 0 Å². The van der Waals surface area contributed by atoms with Gasteiger partial charge in [0.25, 0.3) is 0 Å². The number of piperidine rings is 1. The van der Waals surface area contributed by atoms with Crippen LogP contribution < -0.4 is 10.6 Å². The van der Waals surface area contributed by atoms with Crippen LogP contribution in [-0.4, -0.2) is 25.2 Å². The number of hydrogen-bond donors (Lipinski definition) is 2. The highest BCUT2D eigenvalue weighted by atomic mass is 16.5. The molecule has 1 amide bonds. The summed E-state index contributed by atoms with van der Waals surface area (Å²) in [6.07, 6.45) is 5.67. The standard InChI is InChI=1S/C16H24N2O2/c19-16(20-13-14-7-2-1-3-8-14)18-12-6-10-15-9-4-5-11-17-15/h1-3,7-8,15,17H,4-6,9-13H2,(H,18,19). The molecule has 0 radical (unpaired) electrons. The highest BCUT2D eigenvalue weighted by Gasteiger charge is 2.11. The molecule has 1 atom stereocenters. The normalized spacial score (nSPS) is 18.5. The van der Waals surface area contributed by atoms with Crippen molar-refractivity contribution in [3.05, 3.63) is 35.9 Å². The Kier molecular flexibility index (Phi) is 6.38. The molecule has 0 aliphatic carbocycles. The summed E-state index contributed by atoms with van der Waals surface area (Å²) >= 11 is 0. The van der Waals surface area contributed by atoms with E-state index in [9.17, 15) is 4.79 Å². The van der Waals surface area contributed by atoms with Gasteiger partial charge in [0.15, 0.2) is 0 Å². The van der Waals surface area contributed by atoms with E-state index in [1.54, 1.807) is 0 Å². The van der Waals surface area contributed by atoms with Crippen molar-refractivity contribution >= 4 is 6.09 Å². The zero-order valence-corrected chi connectivity index (χ0v) is 11.9. The molecule has 1 aliphatic rings. The minimum absolute atomic E-state index is 0.328. The second-order valence-electron chi connectivity index (χ2n) is 5.28. The molecular formula is C16H24N2O2. The summed E-state index contributed by atoms with van der Waals surface area (Å²) in [5, 5.41) is 6.31. The number of hydrogen-bond acceptors (Lipinski definition) is 3. The quantitative estimate of drug-likeness (QED) is 0.786. The summed E-state index contributed by atoms with van der Waals surface area (Å²) < 4.78 is 5.15. The monoisotopic (exact) mass is 276 g/mol. The van der Waals surface area contributed by atoms with Crippen LogP contribution in [0.25, 0.3) is 0 Å². The van der Waals surface area contributed by atoms with Crippen LogP contribution >= 0.6 is 0 Å². The molecule has 0 spiro atoms. The topological polar surface area (TPSA) is 50.4 Å². The van der Waals surface area contributed by atoms with E-state index in [0.717, 1.165) is 24.9 Å². The van der Waals surface area contributed by atoms with Crippen molar-refractivity contribution in [3.63, 3.8) is 0 Å². The Bertz CT molecular complexity index is 389. The first-order valence-corrected chi connectivity index (χ1v) is 7.52.